The Morgan fingerprint density at radius 1 is 1.12 bits per heavy atom. The van der Waals surface area contributed by atoms with Gasteiger partial charge in [-0.05, 0) is 58.0 Å². The van der Waals surface area contributed by atoms with Gasteiger partial charge in [-0.3, -0.25) is 0 Å². The number of benzene rings is 1. The first-order valence-electron chi connectivity index (χ1n) is 11.4. The van der Waals surface area contributed by atoms with Gasteiger partial charge in [0.15, 0.2) is 17.0 Å². The van der Waals surface area contributed by atoms with Gasteiger partial charge in [-0.2, -0.15) is 5.10 Å². The molecule has 0 amide bonds. The fourth-order valence-electron chi connectivity index (χ4n) is 4.58. The van der Waals surface area contributed by atoms with Gasteiger partial charge < -0.3 is 19.9 Å². The fraction of sp³-hybridized carbons (Fsp3) is 0.478. The molecule has 32 heavy (non-hydrogen) atoms. The van der Waals surface area contributed by atoms with Gasteiger partial charge in [-0.1, -0.05) is 6.07 Å². The van der Waals surface area contributed by atoms with Crippen LogP contribution in [0.4, 0.5) is 5.82 Å². The third-order valence-corrected chi connectivity index (χ3v) is 6.62. The summed E-state index contributed by atoms with van der Waals surface area (Å²) >= 11 is 0. The number of imidazole rings is 1. The van der Waals surface area contributed by atoms with E-state index in [4.69, 9.17) is 24.8 Å². The molecule has 2 N–H and O–H groups in total. The highest BCUT2D eigenvalue weighted by Crippen LogP contribution is 2.39. The molecular weight excluding hydrogens is 404 g/mol. The zero-order chi connectivity index (χ0) is 21.7. The van der Waals surface area contributed by atoms with E-state index in [1.165, 1.54) is 12.8 Å². The molecule has 1 aromatic carbocycles. The Morgan fingerprint density at radius 3 is 2.75 bits per heavy atom. The minimum absolute atomic E-state index is 0.350. The number of methoxy groups -OCH3 is 1. The van der Waals surface area contributed by atoms with Crippen molar-refractivity contribution in [3.8, 4) is 5.75 Å². The van der Waals surface area contributed by atoms with Gasteiger partial charge in [-0.25, -0.2) is 19.6 Å². The lowest BCUT2D eigenvalue weighted by Crippen LogP contribution is -2.32. The number of ether oxygens (including phenoxy) is 1. The lowest BCUT2D eigenvalue weighted by Gasteiger charge is -2.29. The number of aromatic amines is 1. The number of piperidine rings is 1. The summed E-state index contributed by atoms with van der Waals surface area (Å²) in [6, 6.07) is 6.23. The highest BCUT2D eigenvalue weighted by molar-refractivity contribution is 5.84. The third-order valence-electron chi connectivity index (χ3n) is 6.62. The first kappa shape index (κ1) is 19.5. The highest BCUT2D eigenvalue weighted by Gasteiger charge is 2.28. The van der Waals surface area contributed by atoms with Crippen molar-refractivity contribution >= 4 is 28.0 Å². The molecule has 0 bridgehead atoms. The molecule has 9 heteroatoms. The van der Waals surface area contributed by atoms with Crippen molar-refractivity contribution in [3.63, 3.8) is 0 Å². The minimum atomic E-state index is 0.350. The molecule has 0 atom stereocenters. The van der Waals surface area contributed by atoms with Crippen LogP contribution in [0.15, 0.2) is 24.4 Å². The summed E-state index contributed by atoms with van der Waals surface area (Å²) in [6.07, 6.45) is 6.50. The normalized spacial score (nSPS) is 17.9. The number of nitrogens with one attached hydrogen (secondary N) is 2. The topological polar surface area (TPSA) is 96.8 Å². The molecule has 1 aliphatic heterocycles. The molecule has 4 aromatic rings. The summed E-state index contributed by atoms with van der Waals surface area (Å²) in [4.78, 5) is 20.2. The SMILES string of the molecule is COc1cccc2[nH]c(CNc3nn(C4CCN(C)CC4)c4nc(C5CC5)cnc34)nc12. The van der Waals surface area contributed by atoms with Crippen molar-refractivity contribution in [1.29, 1.82) is 0 Å². The molecule has 0 radical (unpaired) electrons. The number of rotatable bonds is 6. The van der Waals surface area contributed by atoms with Crippen LogP contribution in [0.3, 0.4) is 0 Å². The van der Waals surface area contributed by atoms with Crippen LogP contribution in [0.2, 0.25) is 0 Å². The van der Waals surface area contributed by atoms with E-state index in [9.17, 15) is 0 Å². The average Bonchev–Trinajstić information content (AvgIpc) is 3.48. The van der Waals surface area contributed by atoms with E-state index in [0.717, 1.165) is 71.2 Å². The van der Waals surface area contributed by atoms with Crippen LogP contribution in [0.5, 0.6) is 5.75 Å². The van der Waals surface area contributed by atoms with Crippen LogP contribution in [0.1, 0.15) is 49.2 Å². The lowest BCUT2D eigenvalue weighted by atomic mass is 10.1. The average molecular weight is 433 g/mol. The number of hydrogen-bond acceptors (Lipinski definition) is 7. The predicted octanol–water partition coefficient (Wildman–Crippen LogP) is 3.47. The molecule has 3 aromatic heterocycles. The van der Waals surface area contributed by atoms with E-state index in [-0.39, 0.29) is 0 Å². The Balaban J connectivity index is 1.32. The summed E-state index contributed by atoms with van der Waals surface area (Å²) in [6.45, 7) is 2.67. The molecular formula is C23H28N8O. The number of anilines is 1. The Labute approximate surface area is 186 Å². The van der Waals surface area contributed by atoms with E-state index >= 15 is 0 Å². The molecule has 1 saturated carbocycles. The predicted molar refractivity (Wildman–Crippen MR) is 123 cm³/mol. The Hall–Kier alpha value is -3.20. The lowest BCUT2D eigenvalue weighted by molar-refractivity contribution is 0.215. The molecule has 9 nitrogen and oxygen atoms in total. The number of para-hydroxylation sites is 1. The summed E-state index contributed by atoms with van der Waals surface area (Å²) in [7, 11) is 3.84. The number of aromatic nitrogens is 6. The van der Waals surface area contributed by atoms with Gasteiger partial charge in [0.25, 0.3) is 0 Å². The molecule has 0 unspecified atom stereocenters. The number of likely N-dealkylation sites (tertiary alicyclic amines) is 1. The van der Waals surface area contributed by atoms with Crippen LogP contribution in [-0.4, -0.2) is 61.9 Å². The first-order valence-corrected chi connectivity index (χ1v) is 11.4. The zero-order valence-electron chi connectivity index (χ0n) is 18.5. The van der Waals surface area contributed by atoms with Gasteiger partial charge in [0.1, 0.15) is 17.1 Å². The van der Waals surface area contributed by atoms with Gasteiger partial charge in [0, 0.05) is 12.1 Å². The largest absolute Gasteiger partial charge is 0.494 e. The second-order valence-electron chi connectivity index (χ2n) is 8.96. The van der Waals surface area contributed by atoms with Crippen molar-refractivity contribution in [2.75, 3.05) is 32.6 Å². The maximum Gasteiger partial charge on any atom is 0.179 e. The van der Waals surface area contributed by atoms with Crippen molar-refractivity contribution in [2.24, 2.45) is 0 Å². The van der Waals surface area contributed by atoms with E-state index in [0.29, 0.717) is 18.5 Å². The first-order chi connectivity index (χ1) is 15.7. The van der Waals surface area contributed by atoms with Gasteiger partial charge in [0.05, 0.1) is 30.9 Å². The number of hydrogen-bond donors (Lipinski definition) is 2. The third kappa shape index (κ3) is 3.46. The monoisotopic (exact) mass is 432 g/mol. The highest BCUT2D eigenvalue weighted by atomic mass is 16.5. The maximum atomic E-state index is 5.43. The second kappa shape index (κ2) is 7.74. The van der Waals surface area contributed by atoms with Gasteiger partial charge >= 0.3 is 0 Å². The van der Waals surface area contributed by atoms with E-state index in [1.807, 2.05) is 24.4 Å². The number of nitrogens with zero attached hydrogens (tertiary/aromatic N) is 6. The fourth-order valence-corrected chi connectivity index (χ4v) is 4.58. The van der Waals surface area contributed by atoms with Crippen molar-refractivity contribution in [1.82, 2.24) is 34.6 Å². The van der Waals surface area contributed by atoms with Crippen LogP contribution in [0, 0.1) is 0 Å². The van der Waals surface area contributed by atoms with Crippen molar-refractivity contribution in [3.05, 3.63) is 35.9 Å². The van der Waals surface area contributed by atoms with Gasteiger partial charge in [-0.15, -0.1) is 0 Å². The molecule has 1 saturated heterocycles. The quantitative estimate of drug-likeness (QED) is 0.481. The second-order valence-corrected chi connectivity index (χ2v) is 8.96. The Morgan fingerprint density at radius 2 is 1.97 bits per heavy atom. The van der Waals surface area contributed by atoms with Gasteiger partial charge in [0.2, 0.25) is 0 Å². The van der Waals surface area contributed by atoms with E-state index in [1.54, 1.807) is 7.11 Å². The van der Waals surface area contributed by atoms with Crippen LogP contribution in [0.25, 0.3) is 22.2 Å². The molecule has 4 heterocycles. The van der Waals surface area contributed by atoms with E-state index < -0.39 is 0 Å². The molecule has 2 fully saturated rings. The van der Waals surface area contributed by atoms with Crippen LogP contribution in [-0.2, 0) is 6.54 Å². The summed E-state index contributed by atoms with van der Waals surface area (Å²) in [5.74, 6) is 2.92. The van der Waals surface area contributed by atoms with Crippen molar-refractivity contribution < 1.29 is 4.74 Å². The smallest absolute Gasteiger partial charge is 0.179 e. The molecule has 2 aliphatic rings. The van der Waals surface area contributed by atoms with Crippen LogP contribution < -0.4 is 10.1 Å². The number of H-pyrrole nitrogens is 1. The molecule has 6 rings (SSSR count). The molecule has 0 spiro atoms. The Kier molecular flexibility index (Phi) is 4.71. The minimum Gasteiger partial charge on any atom is -0.494 e. The Bertz CT molecular complexity index is 1270. The molecule has 1 aliphatic carbocycles. The maximum absolute atomic E-state index is 5.43. The summed E-state index contributed by atoms with van der Waals surface area (Å²) < 4.78 is 7.55. The summed E-state index contributed by atoms with van der Waals surface area (Å²) in [5, 5.41) is 8.41. The standard InChI is InChI=1S/C23H28N8O/c1-30-10-8-15(9-11-30)31-23-21(24-12-17(27-23)14-6-7-14)22(29-31)25-13-19-26-16-4-3-5-18(32-2)20(16)28-19/h3-5,12,14-15H,6-11,13H2,1-2H3,(H,25,29)(H,26,28). The zero-order valence-corrected chi connectivity index (χ0v) is 18.5. The number of fused-ring (bicyclic) bond motifs is 2. The van der Waals surface area contributed by atoms with Crippen molar-refractivity contribution in [2.45, 2.75) is 44.2 Å². The summed E-state index contributed by atoms with van der Waals surface area (Å²) in [5.41, 5.74) is 4.63. The molecule has 166 valence electrons. The van der Waals surface area contributed by atoms with Crippen LogP contribution >= 0.6 is 0 Å². The van der Waals surface area contributed by atoms with E-state index in [2.05, 4.69) is 26.9 Å².